The van der Waals surface area contributed by atoms with E-state index in [-0.39, 0.29) is 18.2 Å². The van der Waals surface area contributed by atoms with Gasteiger partial charge in [-0.2, -0.15) is 13.2 Å². The van der Waals surface area contributed by atoms with Crippen LogP contribution in [0, 0.1) is 6.92 Å². The maximum atomic E-state index is 12.8. The summed E-state index contributed by atoms with van der Waals surface area (Å²) < 4.78 is 44.8. The van der Waals surface area contributed by atoms with Gasteiger partial charge in [0.2, 0.25) is 0 Å². The SMILES string of the molecule is C=CCc1cc(C)ccc1OC1C[C@H]2CC[C@@H](C1)N2c1ccc(C(F)(F)F)cn1. The van der Waals surface area contributed by atoms with Crippen LogP contribution in [-0.2, 0) is 12.6 Å². The normalized spacial score (nSPS) is 23.9. The Balaban J connectivity index is 1.48. The summed E-state index contributed by atoms with van der Waals surface area (Å²) in [5.74, 6) is 1.53. The van der Waals surface area contributed by atoms with Crippen molar-refractivity contribution in [2.45, 2.75) is 63.4 Å². The topological polar surface area (TPSA) is 25.4 Å². The fourth-order valence-corrected chi connectivity index (χ4v) is 4.62. The molecule has 2 aromatic rings. The first-order valence-electron chi connectivity index (χ1n) is 10.0. The van der Waals surface area contributed by atoms with Gasteiger partial charge in [0.25, 0.3) is 0 Å². The third-order valence-corrected chi connectivity index (χ3v) is 5.90. The van der Waals surface area contributed by atoms with Crippen molar-refractivity contribution >= 4 is 5.82 Å². The van der Waals surface area contributed by atoms with Gasteiger partial charge in [-0.05, 0) is 49.9 Å². The minimum Gasteiger partial charge on any atom is -0.490 e. The average molecular weight is 402 g/mol. The molecule has 2 fully saturated rings. The second kappa shape index (κ2) is 7.73. The van der Waals surface area contributed by atoms with Crippen LogP contribution in [0.3, 0.4) is 0 Å². The number of rotatable bonds is 5. The molecule has 0 saturated carbocycles. The minimum atomic E-state index is -4.36. The molecule has 3 heterocycles. The molecule has 0 N–H and O–H groups in total. The Bertz CT molecular complexity index is 865. The van der Waals surface area contributed by atoms with E-state index in [1.807, 2.05) is 12.1 Å². The fourth-order valence-electron chi connectivity index (χ4n) is 4.62. The van der Waals surface area contributed by atoms with Crippen LogP contribution in [0.25, 0.3) is 0 Å². The van der Waals surface area contributed by atoms with Gasteiger partial charge in [-0.3, -0.25) is 0 Å². The Morgan fingerprint density at radius 2 is 1.90 bits per heavy atom. The zero-order valence-electron chi connectivity index (χ0n) is 16.5. The summed E-state index contributed by atoms with van der Waals surface area (Å²) >= 11 is 0. The molecular formula is C23H25F3N2O. The first-order chi connectivity index (χ1) is 13.8. The summed E-state index contributed by atoms with van der Waals surface area (Å²) in [6, 6.07) is 9.33. The van der Waals surface area contributed by atoms with E-state index >= 15 is 0 Å². The maximum Gasteiger partial charge on any atom is 0.417 e. The minimum absolute atomic E-state index is 0.101. The molecule has 2 bridgehead atoms. The summed E-state index contributed by atoms with van der Waals surface area (Å²) in [6.07, 6.45) is 3.04. The highest BCUT2D eigenvalue weighted by molar-refractivity contribution is 5.45. The van der Waals surface area contributed by atoms with Crippen molar-refractivity contribution in [3.63, 3.8) is 0 Å². The second-order valence-electron chi connectivity index (χ2n) is 8.01. The molecule has 3 nitrogen and oxygen atoms in total. The lowest BCUT2D eigenvalue weighted by atomic mass is 9.99. The van der Waals surface area contributed by atoms with Crippen LogP contribution in [-0.4, -0.2) is 23.2 Å². The summed E-state index contributed by atoms with van der Waals surface area (Å²) in [6.45, 7) is 5.89. The van der Waals surface area contributed by atoms with Crippen LogP contribution in [0.15, 0.2) is 49.2 Å². The fraction of sp³-hybridized carbons (Fsp3) is 0.435. The first kappa shape index (κ1) is 19.8. The molecule has 1 aromatic heterocycles. The zero-order chi connectivity index (χ0) is 20.6. The molecule has 4 rings (SSSR count). The molecular weight excluding hydrogens is 377 g/mol. The van der Waals surface area contributed by atoms with E-state index < -0.39 is 11.7 Å². The Morgan fingerprint density at radius 3 is 2.48 bits per heavy atom. The number of benzene rings is 1. The number of alkyl halides is 3. The number of hydrogen-bond acceptors (Lipinski definition) is 3. The van der Waals surface area contributed by atoms with Crippen LogP contribution in [0.1, 0.15) is 42.4 Å². The van der Waals surface area contributed by atoms with Crippen LogP contribution < -0.4 is 9.64 Å². The maximum absolute atomic E-state index is 12.8. The van der Waals surface area contributed by atoms with Crippen LogP contribution in [0.4, 0.5) is 19.0 Å². The van der Waals surface area contributed by atoms with Gasteiger partial charge < -0.3 is 9.64 Å². The number of hydrogen-bond donors (Lipinski definition) is 0. The van der Waals surface area contributed by atoms with Gasteiger partial charge in [-0.15, -0.1) is 6.58 Å². The lowest BCUT2D eigenvalue weighted by molar-refractivity contribution is -0.137. The molecule has 2 aliphatic rings. The molecule has 1 unspecified atom stereocenters. The molecule has 0 spiro atoms. The van der Waals surface area contributed by atoms with Crippen molar-refractivity contribution in [2.75, 3.05) is 4.90 Å². The third-order valence-electron chi connectivity index (χ3n) is 5.90. The summed E-state index contributed by atoms with van der Waals surface area (Å²) in [5, 5.41) is 0. The number of allylic oxidation sites excluding steroid dienone is 1. The number of anilines is 1. The summed E-state index contributed by atoms with van der Waals surface area (Å²) in [5.41, 5.74) is 1.62. The van der Waals surface area contributed by atoms with Crippen molar-refractivity contribution in [3.8, 4) is 5.75 Å². The van der Waals surface area contributed by atoms with Gasteiger partial charge >= 0.3 is 6.18 Å². The van der Waals surface area contributed by atoms with Crippen molar-refractivity contribution in [1.29, 1.82) is 0 Å². The Labute approximate surface area is 169 Å². The van der Waals surface area contributed by atoms with Gasteiger partial charge in [0.1, 0.15) is 17.7 Å². The number of aryl methyl sites for hydroxylation is 1. The van der Waals surface area contributed by atoms with Gasteiger partial charge in [-0.25, -0.2) is 4.98 Å². The van der Waals surface area contributed by atoms with E-state index in [1.165, 1.54) is 11.6 Å². The number of halogens is 3. The molecule has 0 radical (unpaired) electrons. The molecule has 2 saturated heterocycles. The number of nitrogens with zero attached hydrogens (tertiary/aromatic N) is 2. The smallest absolute Gasteiger partial charge is 0.417 e. The van der Waals surface area contributed by atoms with Gasteiger partial charge in [0, 0.05) is 31.1 Å². The highest BCUT2D eigenvalue weighted by Crippen LogP contribution is 2.41. The van der Waals surface area contributed by atoms with E-state index in [0.717, 1.165) is 55.7 Å². The standard InChI is InChI=1S/C23H25F3N2O/c1-3-4-16-11-15(2)5-9-21(16)29-20-12-18-7-8-19(13-20)28(18)22-10-6-17(14-27-22)23(24,25)26/h3,5-6,9-11,14,18-20H,1,4,7-8,12-13H2,2H3/t18-,19+,20?. The average Bonchev–Trinajstić information content (AvgIpc) is 2.94. The molecule has 0 amide bonds. The molecule has 1 aromatic carbocycles. The number of ether oxygens (including phenoxy) is 1. The highest BCUT2D eigenvalue weighted by Gasteiger charge is 2.42. The monoisotopic (exact) mass is 402 g/mol. The molecule has 3 atom stereocenters. The Hall–Kier alpha value is -2.50. The van der Waals surface area contributed by atoms with Crippen LogP contribution in [0.2, 0.25) is 0 Å². The number of aromatic nitrogens is 1. The molecule has 2 aliphatic heterocycles. The van der Waals surface area contributed by atoms with Gasteiger partial charge in [-0.1, -0.05) is 23.8 Å². The first-order valence-corrected chi connectivity index (χ1v) is 10.0. The lowest BCUT2D eigenvalue weighted by Crippen LogP contribution is -2.46. The van der Waals surface area contributed by atoms with Crippen molar-refractivity contribution in [1.82, 2.24) is 4.98 Å². The second-order valence-corrected chi connectivity index (χ2v) is 8.01. The quantitative estimate of drug-likeness (QED) is 0.599. The van der Waals surface area contributed by atoms with Gasteiger partial charge in [0.05, 0.1) is 5.56 Å². The van der Waals surface area contributed by atoms with Crippen molar-refractivity contribution < 1.29 is 17.9 Å². The van der Waals surface area contributed by atoms with E-state index in [2.05, 4.69) is 35.5 Å². The molecule has 154 valence electrons. The third kappa shape index (κ3) is 4.11. The number of fused-ring (bicyclic) bond motifs is 2. The Morgan fingerprint density at radius 1 is 1.17 bits per heavy atom. The highest BCUT2D eigenvalue weighted by atomic mass is 19.4. The van der Waals surface area contributed by atoms with Crippen molar-refractivity contribution in [3.05, 3.63) is 65.9 Å². The van der Waals surface area contributed by atoms with Crippen molar-refractivity contribution in [2.24, 2.45) is 0 Å². The van der Waals surface area contributed by atoms with Gasteiger partial charge in [0.15, 0.2) is 0 Å². The van der Waals surface area contributed by atoms with E-state index in [9.17, 15) is 13.2 Å². The van der Waals surface area contributed by atoms with Crippen LogP contribution in [0.5, 0.6) is 5.75 Å². The number of pyridine rings is 1. The lowest BCUT2D eigenvalue weighted by Gasteiger charge is -2.40. The van der Waals surface area contributed by atoms with E-state index in [1.54, 1.807) is 0 Å². The summed E-state index contributed by atoms with van der Waals surface area (Å²) in [7, 11) is 0. The Kier molecular flexibility index (Phi) is 5.28. The summed E-state index contributed by atoms with van der Waals surface area (Å²) in [4.78, 5) is 6.32. The number of piperidine rings is 1. The predicted molar refractivity (Wildman–Crippen MR) is 107 cm³/mol. The van der Waals surface area contributed by atoms with E-state index in [0.29, 0.717) is 5.82 Å². The largest absolute Gasteiger partial charge is 0.490 e. The van der Waals surface area contributed by atoms with Crippen LogP contribution >= 0.6 is 0 Å². The van der Waals surface area contributed by atoms with E-state index in [4.69, 9.17) is 4.74 Å². The molecule has 0 aliphatic carbocycles. The molecule has 6 heteroatoms. The molecule has 29 heavy (non-hydrogen) atoms. The predicted octanol–water partition coefficient (Wildman–Crippen LogP) is 5.72. The zero-order valence-corrected chi connectivity index (χ0v) is 16.5.